The van der Waals surface area contributed by atoms with Gasteiger partial charge in [-0.25, -0.2) is 0 Å². The van der Waals surface area contributed by atoms with E-state index in [9.17, 15) is 0 Å². The van der Waals surface area contributed by atoms with Crippen molar-refractivity contribution in [3.63, 3.8) is 0 Å². The zero-order valence-corrected chi connectivity index (χ0v) is 18.0. The second kappa shape index (κ2) is 10.5. The number of benzene rings is 2. The standard InChI is InChI=1S/C22H22BrClN2O2/c1-2-27-21-12-17(13-25-14-19-8-3-4-9-26-19)11-20(23)22(21)28-15-16-6-5-7-18(24)10-16/h3-12,25H,2,13-15H2,1H3. The van der Waals surface area contributed by atoms with Gasteiger partial charge in [-0.15, -0.1) is 0 Å². The summed E-state index contributed by atoms with van der Waals surface area (Å²) >= 11 is 9.67. The van der Waals surface area contributed by atoms with Crippen molar-refractivity contribution >= 4 is 27.5 Å². The second-order valence-corrected chi connectivity index (χ2v) is 7.47. The van der Waals surface area contributed by atoms with Crippen molar-refractivity contribution in [3.8, 4) is 11.5 Å². The van der Waals surface area contributed by atoms with Gasteiger partial charge in [0, 0.05) is 24.3 Å². The largest absolute Gasteiger partial charge is 0.490 e. The van der Waals surface area contributed by atoms with Gasteiger partial charge in [-0.1, -0.05) is 29.8 Å². The van der Waals surface area contributed by atoms with Gasteiger partial charge < -0.3 is 14.8 Å². The molecule has 0 fully saturated rings. The summed E-state index contributed by atoms with van der Waals surface area (Å²) in [5, 5.41) is 4.10. The number of hydrogen-bond acceptors (Lipinski definition) is 4. The lowest BCUT2D eigenvalue weighted by Gasteiger charge is -2.16. The van der Waals surface area contributed by atoms with E-state index in [1.165, 1.54) is 0 Å². The van der Waals surface area contributed by atoms with Crippen molar-refractivity contribution in [3.05, 3.63) is 87.1 Å². The smallest absolute Gasteiger partial charge is 0.175 e. The second-order valence-electron chi connectivity index (χ2n) is 6.18. The van der Waals surface area contributed by atoms with Crippen LogP contribution in [0.3, 0.4) is 0 Å². The van der Waals surface area contributed by atoms with Crippen LogP contribution in [-0.2, 0) is 19.7 Å². The fourth-order valence-electron chi connectivity index (χ4n) is 2.75. The van der Waals surface area contributed by atoms with Gasteiger partial charge in [0.15, 0.2) is 11.5 Å². The topological polar surface area (TPSA) is 43.4 Å². The predicted molar refractivity (Wildman–Crippen MR) is 116 cm³/mol. The molecule has 4 nitrogen and oxygen atoms in total. The number of halogens is 2. The van der Waals surface area contributed by atoms with Gasteiger partial charge in [-0.05, 0) is 70.4 Å². The number of hydrogen-bond donors (Lipinski definition) is 1. The average Bonchev–Trinajstić information content (AvgIpc) is 2.68. The zero-order chi connectivity index (χ0) is 19.8. The van der Waals surface area contributed by atoms with E-state index >= 15 is 0 Å². The summed E-state index contributed by atoms with van der Waals surface area (Å²) in [6, 6.07) is 17.6. The van der Waals surface area contributed by atoms with Crippen molar-refractivity contribution < 1.29 is 9.47 Å². The SMILES string of the molecule is CCOc1cc(CNCc2ccccn2)cc(Br)c1OCc1cccc(Cl)c1. The molecule has 0 aliphatic heterocycles. The molecule has 0 bridgehead atoms. The van der Waals surface area contributed by atoms with Crippen LogP contribution in [0.15, 0.2) is 65.3 Å². The van der Waals surface area contributed by atoms with Gasteiger partial charge >= 0.3 is 0 Å². The third kappa shape index (κ3) is 5.96. The molecule has 0 saturated heterocycles. The van der Waals surface area contributed by atoms with Gasteiger partial charge in [0.2, 0.25) is 0 Å². The first-order valence-electron chi connectivity index (χ1n) is 9.08. The highest BCUT2D eigenvalue weighted by Crippen LogP contribution is 2.37. The quantitative estimate of drug-likeness (QED) is 0.440. The zero-order valence-electron chi connectivity index (χ0n) is 15.6. The molecule has 0 radical (unpaired) electrons. The van der Waals surface area contributed by atoms with E-state index in [-0.39, 0.29) is 0 Å². The maximum atomic E-state index is 6.05. The Bertz CT molecular complexity index is 906. The van der Waals surface area contributed by atoms with Crippen LogP contribution in [0.1, 0.15) is 23.7 Å². The number of nitrogens with one attached hydrogen (secondary N) is 1. The number of rotatable bonds is 9. The molecule has 1 aromatic heterocycles. The molecule has 1 N–H and O–H groups in total. The number of ether oxygens (including phenoxy) is 2. The van der Waals surface area contributed by atoms with Crippen LogP contribution in [0.25, 0.3) is 0 Å². The fourth-order valence-corrected chi connectivity index (χ4v) is 3.56. The first kappa shape index (κ1) is 20.6. The van der Waals surface area contributed by atoms with Crippen molar-refractivity contribution in [1.82, 2.24) is 10.3 Å². The van der Waals surface area contributed by atoms with Crippen LogP contribution >= 0.6 is 27.5 Å². The Kier molecular flexibility index (Phi) is 7.71. The summed E-state index contributed by atoms with van der Waals surface area (Å²) in [5.41, 5.74) is 3.11. The van der Waals surface area contributed by atoms with E-state index in [0.717, 1.165) is 21.3 Å². The van der Waals surface area contributed by atoms with E-state index in [1.807, 2.05) is 61.5 Å². The van der Waals surface area contributed by atoms with Gasteiger partial charge in [0.1, 0.15) is 6.61 Å². The number of pyridine rings is 1. The molecule has 0 spiro atoms. The summed E-state index contributed by atoms with van der Waals surface area (Å²) < 4.78 is 12.7. The number of aromatic nitrogens is 1. The molecule has 146 valence electrons. The Morgan fingerprint density at radius 1 is 1.00 bits per heavy atom. The molecule has 2 aromatic carbocycles. The van der Waals surface area contributed by atoms with Crippen LogP contribution < -0.4 is 14.8 Å². The van der Waals surface area contributed by atoms with Crippen molar-refractivity contribution in [2.24, 2.45) is 0 Å². The molecule has 3 rings (SSSR count). The molecule has 0 amide bonds. The maximum absolute atomic E-state index is 6.05. The predicted octanol–water partition coefficient (Wildman–Crippen LogP) is 5.77. The summed E-state index contributed by atoms with van der Waals surface area (Å²) in [5.74, 6) is 1.41. The van der Waals surface area contributed by atoms with E-state index in [2.05, 4.69) is 26.2 Å². The van der Waals surface area contributed by atoms with Gasteiger partial charge in [-0.3, -0.25) is 4.98 Å². The van der Waals surface area contributed by atoms with Gasteiger partial charge in [-0.2, -0.15) is 0 Å². The highest BCUT2D eigenvalue weighted by atomic mass is 79.9. The molecule has 0 saturated carbocycles. The van der Waals surface area contributed by atoms with Gasteiger partial charge in [0.25, 0.3) is 0 Å². The molecule has 28 heavy (non-hydrogen) atoms. The molecule has 0 atom stereocenters. The van der Waals surface area contributed by atoms with E-state index in [0.29, 0.717) is 42.8 Å². The minimum atomic E-state index is 0.413. The Hall–Kier alpha value is -2.08. The van der Waals surface area contributed by atoms with E-state index in [4.69, 9.17) is 21.1 Å². The molecular weight excluding hydrogens is 440 g/mol. The first-order chi connectivity index (χ1) is 13.7. The average molecular weight is 462 g/mol. The highest BCUT2D eigenvalue weighted by Gasteiger charge is 2.13. The van der Waals surface area contributed by atoms with Crippen molar-refractivity contribution in [2.75, 3.05) is 6.61 Å². The lowest BCUT2D eigenvalue weighted by molar-refractivity contribution is 0.267. The van der Waals surface area contributed by atoms with Crippen LogP contribution in [0, 0.1) is 0 Å². The molecule has 0 aliphatic rings. The normalized spacial score (nSPS) is 10.7. The van der Waals surface area contributed by atoms with Crippen LogP contribution in [0.5, 0.6) is 11.5 Å². The summed E-state index contributed by atoms with van der Waals surface area (Å²) in [7, 11) is 0. The molecule has 0 unspecified atom stereocenters. The molecule has 6 heteroatoms. The number of nitrogens with zero attached hydrogens (tertiary/aromatic N) is 1. The maximum Gasteiger partial charge on any atom is 0.175 e. The van der Waals surface area contributed by atoms with E-state index < -0.39 is 0 Å². The van der Waals surface area contributed by atoms with Crippen molar-refractivity contribution in [1.29, 1.82) is 0 Å². The summed E-state index contributed by atoms with van der Waals surface area (Å²) in [6.45, 7) is 4.33. The Morgan fingerprint density at radius 2 is 1.89 bits per heavy atom. The lowest BCUT2D eigenvalue weighted by Crippen LogP contribution is -2.14. The molecular formula is C22H22BrClN2O2. The Morgan fingerprint density at radius 3 is 2.64 bits per heavy atom. The lowest BCUT2D eigenvalue weighted by atomic mass is 10.2. The molecule has 3 aromatic rings. The molecule has 0 aliphatic carbocycles. The minimum absolute atomic E-state index is 0.413. The van der Waals surface area contributed by atoms with Crippen molar-refractivity contribution in [2.45, 2.75) is 26.6 Å². The first-order valence-corrected chi connectivity index (χ1v) is 10.3. The van der Waals surface area contributed by atoms with E-state index in [1.54, 1.807) is 6.20 Å². The Labute approximate surface area is 179 Å². The third-order valence-corrected chi connectivity index (χ3v) is 4.83. The minimum Gasteiger partial charge on any atom is -0.490 e. The van der Waals surface area contributed by atoms with Crippen LogP contribution in [-0.4, -0.2) is 11.6 Å². The van der Waals surface area contributed by atoms with Gasteiger partial charge in [0.05, 0.1) is 16.8 Å². The Balaban J connectivity index is 1.68. The van der Waals surface area contributed by atoms with Crippen LogP contribution in [0.2, 0.25) is 5.02 Å². The molecule has 1 heterocycles. The van der Waals surface area contributed by atoms with Crippen LogP contribution in [0.4, 0.5) is 0 Å². The summed E-state index contributed by atoms with van der Waals surface area (Å²) in [4.78, 5) is 4.32. The third-order valence-electron chi connectivity index (χ3n) is 4.00. The summed E-state index contributed by atoms with van der Waals surface area (Å²) in [6.07, 6.45) is 1.80. The fraction of sp³-hybridized carbons (Fsp3) is 0.227. The highest BCUT2D eigenvalue weighted by molar-refractivity contribution is 9.10. The monoisotopic (exact) mass is 460 g/mol.